The number of hydrogen-bond donors (Lipinski definition) is 2. The average Bonchev–Trinajstić information content (AvgIpc) is 2.73. The summed E-state index contributed by atoms with van der Waals surface area (Å²) >= 11 is 0. The maximum atomic E-state index is 13.2. The number of rotatable bonds is 3. The average molecular weight is 204 g/mol. The number of halogens is 1. The Hall–Kier alpha value is -1.77. The molecular formula is C12H13FN2. The Balaban J connectivity index is 2.08. The van der Waals surface area contributed by atoms with Gasteiger partial charge in [0.1, 0.15) is 5.82 Å². The molecule has 2 nitrogen and oxygen atoms in total. The van der Waals surface area contributed by atoms with Gasteiger partial charge in [0.05, 0.1) is 6.54 Å². The fourth-order valence-electron chi connectivity index (χ4n) is 1.47. The van der Waals surface area contributed by atoms with Crippen LogP contribution in [-0.4, -0.2) is 4.98 Å². The summed E-state index contributed by atoms with van der Waals surface area (Å²) in [5.74, 6) is -0.175. The van der Waals surface area contributed by atoms with E-state index >= 15 is 0 Å². The SMILES string of the molecule is Cc1c(F)cccc1NCc1ccc[nH]1. The molecule has 1 heterocycles. The maximum absolute atomic E-state index is 13.2. The van der Waals surface area contributed by atoms with Gasteiger partial charge in [-0.3, -0.25) is 0 Å². The van der Waals surface area contributed by atoms with Gasteiger partial charge in [-0.15, -0.1) is 0 Å². The number of nitrogens with one attached hydrogen (secondary N) is 2. The van der Waals surface area contributed by atoms with E-state index in [9.17, 15) is 4.39 Å². The van der Waals surface area contributed by atoms with Crippen molar-refractivity contribution < 1.29 is 4.39 Å². The topological polar surface area (TPSA) is 27.8 Å². The van der Waals surface area contributed by atoms with Crippen molar-refractivity contribution >= 4 is 5.69 Å². The van der Waals surface area contributed by atoms with Crippen molar-refractivity contribution in [2.45, 2.75) is 13.5 Å². The third-order valence-electron chi connectivity index (χ3n) is 2.40. The Morgan fingerprint density at radius 2 is 2.13 bits per heavy atom. The van der Waals surface area contributed by atoms with Gasteiger partial charge >= 0.3 is 0 Å². The first-order valence-corrected chi connectivity index (χ1v) is 4.88. The minimum absolute atomic E-state index is 0.175. The zero-order valence-electron chi connectivity index (χ0n) is 8.55. The molecule has 1 aromatic carbocycles. The van der Waals surface area contributed by atoms with E-state index in [1.807, 2.05) is 24.4 Å². The number of aromatic amines is 1. The fraction of sp³-hybridized carbons (Fsp3) is 0.167. The second kappa shape index (κ2) is 4.17. The summed E-state index contributed by atoms with van der Waals surface area (Å²) in [5.41, 5.74) is 2.58. The standard InChI is InChI=1S/C12H13FN2/c1-9-11(13)5-2-6-12(9)15-8-10-4-3-7-14-10/h2-7,14-15H,8H2,1H3. The van der Waals surface area contributed by atoms with Gasteiger partial charge in [-0.25, -0.2) is 4.39 Å². The highest BCUT2D eigenvalue weighted by atomic mass is 19.1. The Morgan fingerprint density at radius 1 is 1.27 bits per heavy atom. The Bertz CT molecular complexity index is 435. The maximum Gasteiger partial charge on any atom is 0.128 e. The fourth-order valence-corrected chi connectivity index (χ4v) is 1.47. The molecule has 0 atom stereocenters. The van der Waals surface area contributed by atoms with E-state index in [1.54, 1.807) is 13.0 Å². The zero-order valence-corrected chi connectivity index (χ0v) is 8.55. The van der Waals surface area contributed by atoms with Gasteiger partial charge in [0.2, 0.25) is 0 Å². The lowest BCUT2D eigenvalue weighted by molar-refractivity contribution is 0.619. The van der Waals surface area contributed by atoms with Crippen molar-refractivity contribution in [1.29, 1.82) is 0 Å². The van der Waals surface area contributed by atoms with Crippen LogP contribution in [0.3, 0.4) is 0 Å². The first kappa shape index (κ1) is 9.77. The first-order chi connectivity index (χ1) is 7.27. The van der Waals surface area contributed by atoms with Crippen molar-refractivity contribution in [3.63, 3.8) is 0 Å². The van der Waals surface area contributed by atoms with Crippen molar-refractivity contribution in [2.24, 2.45) is 0 Å². The lowest BCUT2D eigenvalue weighted by Gasteiger charge is -2.08. The van der Waals surface area contributed by atoms with E-state index in [0.29, 0.717) is 12.1 Å². The molecule has 0 bridgehead atoms. The van der Waals surface area contributed by atoms with Gasteiger partial charge in [-0.1, -0.05) is 6.07 Å². The largest absolute Gasteiger partial charge is 0.379 e. The van der Waals surface area contributed by atoms with Crippen molar-refractivity contribution in [3.05, 3.63) is 53.6 Å². The summed E-state index contributed by atoms with van der Waals surface area (Å²) in [6.07, 6.45) is 1.87. The van der Waals surface area contributed by atoms with Crippen molar-refractivity contribution in [2.75, 3.05) is 5.32 Å². The minimum Gasteiger partial charge on any atom is -0.379 e. The molecular weight excluding hydrogens is 191 g/mol. The Labute approximate surface area is 88.1 Å². The molecule has 0 aliphatic heterocycles. The van der Waals surface area contributed by atoms with Gasteiger partial charge in [0.25, 0.3) is 0 Å². The Morgan fingerprint density at radius 3 is 2.87 bits per heavy atom. The lowest BCUT2D eigenvalue weighted by Crippen LogP contribution is -2.02. The second-order valence-corrected chi connectivity index (χ2v) is 3.46. The third-order valence-corrected chi connectivity index (χ3v) is 2.40. The van der Waals surface area contributed by atoms with E-state index in [1.165, 1.54) is 6.07 Å². The molecule has 0 saturated carbocycles. The Kier molecular flexibility index (Phi) is 2.72. The molecule has 0 amide bonds. The van der Waals surface area contributed by atoms with E-state index in [4.69, 9.17) is 0 Å². The highest BCUT2D eigenvalue weighted by molar-refractivity contribution is 5.51. The predicted molar refractivity (Wildman–Crippen MR) is 59.3 cm³/mol. The van der Waals surface area contributed by atoms with Crippen molar-refractivity contribution in [3.8, 4) is 0 Å². The molecule has 2 rings (SSSR count). The minimum atomic E-state index is -0.175. The van der Waals surface area contributed by atoms with Gasteiger partial charge in [-0.2, -0.15) is 0 Å². The van der Waals surface area contributed by atoms with Crippen LogP contribution in [0.1, 0.15) is 11.3 Å². The number of H-pyrrole nitrogens is 1. The summed E-state index contributed by atoms with van der Waals surface area (Å²) in [6, 6.07) is 8.98. The summed E-state index contributed by atoms with van der Waals surface area (Å²) in [7, 11) is 0. The third kappa shape index (κ3) is 2.18. The normalized spacial score (nSPS) is 10.3. The van der Waals surface area contributed by atoms with Crippen LogP contribution in [0.15, 0.2) is 36.5 Å². The van der Waals surface area contributed by atoms with Crippen LogP contribution in [-0.2, 0) is 6.54 Å². The molecule has 0 fully saturated rings. The number of hydrogen-bond acceptors (Lipinski definition) is 1. The highest BCUT2D eigenvalue weighted by Crippen LogP contribution is 2.17. The van der Waals surface area contributed by atoms with E-state index in [0.717, 1.165) is 11.4 Å². The second-order valence-electron chi connectivity index (χ2n) is 3.46. The number of anilines is 1. The predicted octanol–water partition coefficient (Wildman–Crippen LogP) is 3.07. The van der Waals surface area contributed by atoms with Gasteiger partial charge in [0.15, 0.2) is 0 Å². The number of aromatic nitrogens is 1. The monoisotopic (exact) mass is 204 g/mol. The van der Waals surface area contributed by atoms with E-state index in [-0.39, 0.29) is 5.82 Å². The first-order valence-electron chi connectivity index (χ1n) is 4.88. The smallest absolute Gasteiger partial charge is 0.128 e. The molecule has 0 unspecified atom stereocenters. The summed E-state index contributed by atoms with van der Waals surface area (Å²) in [4.78, 5) is 3.09. The quantitative estimate of drug-likeness (QED) is 0.790. The van der Waals surface area contributed by atoms with Crippen LogP contribution < -0.4 is 5.32 Å². The zero-order chi connectivity index (χ0) is 10.7. The van der Waals surface area contributed by atoms with Crippen LogP contribution in [0, 0.1) is 12.7 Å². The molecule has 1 aromatic heterocycles. The molecule has 0 aliphatic rings. The summed E-state index contributed by atoms with van der Waals surface area (Å²) in [5, 5.41) is 3.18. The molecule has 3 heteroatoms. The molecule has 2 N–H and O–H groups in total. The van der Waals surface area contributed by atoms with Crippen LogP contribution in [0.25, 0.3) is 0 Å². The summed E-state index contributed by atoms with van der Waals surface area (Å²) < 4.78 is 13.2. The van der Waals surface area contributed by atoms with Gasteiger partial charge in [-0.05, 0) is 31.2 Å². The number of benzene rings is 1. The van der Waals surface area contributed by atoms with Crippen LogP contribution in [0.5, 0.6) is 0 Å². The van der Waals surface area contributed by atoms with Gasteiger partial charge < -0.3 is 10.3 Å². The highest BCUT2D eigenvalue weighted by Gasteiger charge is 2.02. The van der Waals surface area contributed by atoms with Crippen LogP contribution in [0.4, 0.5) is 10.1 Å². The van der Waals surface area contributed by atoms with E-state index < -0.39 is 0 Å². The van der Waals surface area contributed by atoms with Crippen LogP contribution >= 0.6 is 0 Å². The van der Waals surface area contributed by atoms with E-state index in [2.05, 4.69) is 10.3 Å². The molecule has 0 spiro atoms. The molecule has 0 radical (unpaired) electrons. The molecule has 0 saturated heterocycles. The van der Waals surface area contributed by atoms with Gasteiger partial charge in [0, 0.05) is 23.1 Å². The summed E-state index contributed by atoms with van der Waals surface area (Å²) in [6.45, 7) is 2.45. The molecule has 15 heavy (non-hydrogen) atoms. The molecule has 2 aromatic rings. The van der Waals surface area contributed by atoms with Crippen molar-refractivity contribution in [1.82, 2.24) is 4.98 Å². The molecule has 78 valence electrons. The lowest BCUT2D eigenvalue weighted by atomic mass is 10.2. The molecule has 0 aliphatic carbocycles. The van der Waals surface area contributed by atoms with Crippen LogP contribution in [0.2, 0.25) is 0 Å².